The molecule has 1 aromatic rings. The van der Waals surface area contributed by atoms with Gasteiger partial charge >= 0.3 is 0 Å². The molecule has 106 valence electrons. The van der Waals surface area contributed by atoms with E-state index in [0.29, 0.717) is 6.04 Å². The minimum Gasteiger partial charge on any atom is -0.487 e. The Morgan fingerprint density at radius 2 is 1.79 bits per heavy atom. The Kier molecular flexibility index (Phi) is 4.51. The first-order valence-electron chi connectivity index (χ1n) is 7.50. The normalized spacial score (nSPS) is 17.3. The maximum atomic E-state index is 6.34. The molecule has 0 aliphatic heterocycles. The van der Waals surface area contributed by atoms with Crippen LogP contribution < -0.4 is 10.1 Å². The van der Waals surface area contributed by atoms with E-state index in [2.05, 4.69) is 51.2 Å². The van der Waals surface area contributed by atoms with Gasteiger partial charge in [0.1, 0.15) is 11.4 Å². The maximum absolute atomic E-state index is 6.34. The summed E-state index contributed by atoms with van der Waals surface area (Å²) in [4.78, 5) is 0. The summed E-state index contributed by atoms with van der Waals surface area (Å²) in [5, 5.41) is 3.50. The number of nitrogens with one attached hydrogen (secondary N) is 1. The van der Waals surface area contributed by atoms with Crippen molar-refractivity contribution >= 4 is 0 Å². The van der Waals surface area contributed by atoms with Crippen molar-refractivity contribution in [3.05, 3.63) is 29.3 Å². The molecule has 2 heteroatoms. The number of rotatable bonds is 6. The average molecular weight is 261 g/mol. The van der Waals surface area contributed by atoms with E-state index in [1.165, 1.54) is 30.4 Å². The van der Waals surface area contributed by atoms with Gasteiger partial charge in [0.05, 0.1) is 0 Å². The summed E-state index contributed by atoms with van der Waals surface area (Å²) in [5.74, 6) is 1.04. The predicted molar refractivity (Wildman–Crippen MR) is 80.9 cm³/mol. The monoisotopic (exact) mass is 261 g/mol. The first-order chi connectivity index (χ1) is 8.99. The van der Waals surface area contributed by atoms with Gasteiger partial charge in [0.15, 0.2) is 0 Å². The standard InChI is InChI=1S/C17H27NO/c1-13(2)18-9-8-17(6-5-7-17)19-16-11-14(3)10-15(4)12-16/h10-13,18H,5-9H2,1-4H3. The van der Waals surface area contributed by atoms with Crippen molar-refractivity contribution in [3.63, 3.8) is 0 Å². The number of ether oxygens (including phenoxy) is 1. The van der Waals surface area contributed by atoms with Gasteiger partial charge in [-0.05, 0) is 69.3 Å². The summed E-state index contributed by atoms with van der Waals surface area (Å²) >= 11 is 0. The molecule has 0 atom stereocenters. The molecule has 0 heterocycles. The van der Waals surface area contributed by atoms with E-state index in [4.69, 9.17) is 4.74 Å². The highest BCUT2D eigenvalue weighted by molar-refractivity contribution is 5.33. The van der Waals surface area contributed by atoms with Gasteiger partial charge in [0.2, 0.25) is 0 Å². The number of hydrogen-bond acceptors (Lipinski definition) is 2. The minimum atomic E-state index is 0.0854. The Morgan fingerprint density at radius 3 is 2.26 bits per heavy atom. The second kappa shape index (κ2) is 5.96. The van der Waals surface area contributed by atoms with Crippen LogP contribution in [0.3, 0.4) is 0 Å². The fraction of sp³-hybridized carbons (Fsp3) is 0.647. The van der Waals surface area contributed by atoms with Gasteiger partial charge in [-0.1, -0.05) is 19.9 Å². The van der Waals surface area contributed by atoms with E-state index in [9.17, 15) is 0 Å². The summed E-state index contributed by atoms with van der Waals surface area (Å²) in [5.41, 5.74) is 2.65. The molecule has 2 nitrogen and oxygen atoms in total. The number of hydrogen-bond donors (Lipinski definition) is 1. The first kappa shape index (κ1) is 14.4. The van der Waals surface area contributed by atoms with Crippen molar-refractivity contribution < 1.29 is 4.74 Å². The van der Waals surface area contributed by atoms with Gasteiger partial charge < -0.3 is 10.1 Å². The molecule has 1 aliphatic rings. The zero-order valence-corrected chi connectivity index (χ0v) is 12.8. The van der Waals surface area contributed by atoms with E-state index in [0.717, 1.165) is 18.7 Å². The zero-order chi connectivity index (χ0) is 13.9. The second-order valence-electron chi connectivity index (χ2n) is 6.32. The molecule has 0 spiro atoms. The molecule has 0 amide bonds. The van der Waals surface area contributed by atoms with Crippen LogP contribution >= 0.6 is 0 Å². The highest BCUT2D eigenvalue weighted by Crippen LogP contribution is 2.39. The van der Waals surface area contributed by atoms with Crippen molar-refractivity contribution in [2.45, 2.75) is 65.0 Å². The van der Waals surface area contributed by atoms with Crippen molar-refractivity contribution in [3.8, 4) is 5.75 Å². The van der Waals surface area contributed by atoms with E-state index >= 15 is 0 Å². The van der Waals surface area contributed by atoms with Crippen LogP contribution in [0.15, 0.2) is 18.2 Å². The number of benzene rings is 1. The molecule has 1 saturated carbocycles. The molecule has 1 fully saturated rings. The molecule has 1 aliphatic carbocycles. The summed E-state index contributed by atoms with van der Waals surface area (Å²) in [6.45, 7) is 9.69. The lowest BCUT2D eigenvalue weighted by Gasteiger charge is -2.42. The summed E-state index contributed by atoms with van der Waals surface area (Å²) < 4.78 is 6.34. The van der Waals surface area contributed by atoms with Crippen LogP contribution in [0.5, 0.6) is 5.75 Å². The molecular formula is C17H27NO. The highest BCUT2D eigenvalue weighted by Gasteiger charge is 2.38. The first-order valence-corrected chi connectivity index (χ1v) is 7.50. The van der Waals surface area contributed by atoms with Crippen molar-refractivity contribution in [1.29, 1.82) is 0 Å². The average Bonchev–Trinajstić information content (AvgIpc) is 2.23. The molecule has 1 N–H and O–H groups in total. The van der Waals surface area contributed by atoms with Gasteiger partial charge in [0, 0.05) is 6.04 Å². The third-order valence-electron chi connectivity index (χ3n) is 3.93. The van der Waals surface area contributed by atoms with Gasteiger partial charge in [-0.15, -0.1) is 0 Å². The molecule has 0 radical (unpaired) electrons. The van der Waals surface area contributed by atoms with Gasteiger partial charge in [-0.3, -0.25) is 0 Å². The quantitative estimate of drug-likeness (QED) is 0.836. The largest absolute Gasteiger partial charge is 0.487 e. The highest BCUT2D eigenvalue weighted by atomic mass is 16.5. The van der Waals surface area contributed by atoms with Crippen LogP contribution in [0.2, 0.25) is 0 Å². The summed E-state index contributed by atoms with van der Waals surface area (Å²) in [7, 11) is 0. The Morgan fingerprint density at radius 1 is 1.16 bits per heavy atom. The summed E-state index contributed by atoms with van der Waals surface area (Å²) in [6, 6.07) is 7.06. The van der Waals surface area contributed by atoms with Crippen LogP contribution in [0, 0.1) is 13.8 Å². The Hall–Kier alpha value is -1.02. The van der Waals surface area contributed by atoms with E-state index in [1.54, 1.807) is 0 Å². The van der Waals surface area contributed by atoms with Gasteiger partial charge in [0.25, 0.3) is 0 Å². The van der Waals surface area contributed by atoms with Crippen LogP contribution in [0.25, 0.3) is 0 Å². The molecule has 0 unspecified atom stereocenters. The molecule has 0 aromatic heterocycles. The smallest absolute Gasteiger partial charge is 0.120 e. The molecule has 0 bridgehead atoms. The third-order valence-corrected chi connectivity index (χ3v) is 3.93. The van der Waals surface area contributed by atoms with Crippen LogP contribution in [-0.4, -0.2) is 18.2 Å². The van der Waals surface area contributed by atoms with Gasteiger partial charge in [-0.25, -0.2) is 0 Å². The molecule has 19 heavy (non-hydrogen) atoms. The molecule has 0 saturated heterocycles. The second-order valence-corrected chi connectivity index (χ2v) is 6.32. The van der Waals surface area contributed by atoms with Crippen molar-refractivity contribution in [2.75, 3.05) is 6.54 Å². The van der Waals surface area contributed by atoms with Crippen LogP contribution in [-0.2, 0) is 0 Å². The van der Waals surface area contributed by atoms with E-state index in [1.807, 2.05) is 0 Å². The van der Waals surface area contributed by atoms with E-state index in [-0.39, 0.29) is 5.60 Å². The number of aryl methyl sites for hydroxylation is 2. The SMILES string of the molecule is Cc1cc(C)cc(OC2(CCNC(C)C)CCC2)c1. The zero-order valence-electron chi connectivity index (χ0n) is 12.8. The van der Waals surface area contributed by atoms with Crippen LogP contribution in [0.1, 0.15) is 50.7 Å². The lowest BCUT2D eigenvalue weighted by atomic mass is 9.77. The Labute approximate surface area is 117 Å². The lowest BCUT2D eigenvalue weighted by Crippen LogP contribution is -2.46. The fourth-order valence-electron chi connectivity index (χ4n) is 2.80. The van der Waals surface area contributed by atoms with Crippen molar-refractivity contribution in [2.24, 2.45) is 0 Å². The molecule has 1 aromatic carbocycles. The third kappa shape index (κ3) is 3.97. The Balaban J connectivity index is 1.97. The molecular weight excluding hydrogens is 234 g/mol. The lowest BCUT2D eigenvalue weighted by molar-refractivity contribution is -0.0146. The fourth-order valence-corrected chi connectivity index (χ4v) is 2.80. The Bertz CT molecular complexity index is 401. The topological polar surface area (TPSA) is 21.3 Å². The van der Waals surface area contributed by atoms with Gasteiger partial charge in [-0.2, -0.15) is 0 Å². The molecule has 2 rings (SSSR count). The minimum absolute atomic E-state index is 0.0854. The van der Waals surface area contributed by atoms with Crippen LogP contribution in [0.4, 0.5) is 0 Å². The predicted octanol–water partition coefficient (Wildman–Crippen LogP) is 3.99. The maximum Gasteiger partial charge on any atom is 0.120 e. The van der Waals surface area contributed by atoms with E-state index < -0.39 is 0 Å². The van der Waals surface area contributed by atoms with Crippen molar-refractivity contribution in [1.82, 2.24) is 5.32 Å². The summed E-state index contributed by atoms with van der Waals surface area (Å²) in [6.07, 6.45) is 4.80.